The first kappa shape index (κ1) is 10.4. The van der Waals surface area contributed by atoms with Crippen LogP contribution in [0.15, 0.2) is 18.2 Å². The normalized spacial score (nSPS) is 10.7. The summed E-state index contributed by atoms with van der Waals surface area (Å²) in [7, 11) is 0. The molecule has 1 aromatic rings. The molecule has 1 aromatic carbocycles. The molecular weight excluding hydrogens is 178 g/mol. The van der Waals surface area contributed by atoms with Gasteiger partial charge in [-0.15, -0.1) is 0 Å². The van der Waals surface area contributed by atoms with Crippen molar-refractivity contribution in [2.24, 2.45) is 0 Å². The molecule has 1 N–H and O–H groups in total. The van der Waals surface area contributed by atoms with E-state index in [1.54, 1.807) is 12.1 Å². The van der Waals surface area contributed by atoms with Gasteiger partial charge < -0.3 is 9.84 Å². The molecule has 74 valence electrons. The third-order valence-electron chi connectivity index (χ3n) is 1.52. The van der Waals surface area contributed by atoms with Gasteiger partial charge in [-0.1, -0.05) is 6.07 Å². The van der Waals surface area contributed by atoms with Gasteiger partial charge >= 0.3 is 0 Å². The van der Waals surface area contributed by atoms with Crippen LogP contribution < -0.4 is 4.74 Å². The Balaban J connectivity index is 3.13. The van der Waals surface area contributed by atoms with E-state index >= 15 is 0 Å². The molecule has 0 radical (unpaired) electrons. The summed E-state index contributed by atoms with van der Waals surface area (Å²) in [5.41, 5.74) is -0.0790. The van der Waals surface area contributed by atoms with Crippen LogP contribution in [-0.2, 0) is 0 Å². The summed E-state index contributed by atoms with van der Waals surface area (Å²) in [6, 6.07) is 6.70. The molecule has 0 aromatic heterocycles. The molecule has 0 fully saturated rings. The number of benzene rings is 1. The number of phenols is 1. The molecule has 3 nitrogen and oxygen atoms in total. The van der Waals surface area contributed by atoms with E-state index in [2.05, 4.69) is 0 Å². The highest BCUT2D eigenvalue weighted by atomic mass is 16.5. The number of nitriles is 1. The zero-order valence-electron chi connectivity index (χ0n) is 8.53. The smallest absolute Gasteiger partial charge is 0.179 e. The van der Waals surface area contributed by atoms with Gasteiger partial charge in [-0.25, -0.2) is 0 Å². The Morgan fingerprint density at radius 2 is 2.00 bits per heavy atom. The molecule has 0 saturated carbocycles. The molecule has 0 heterocycles. The van der Waals surface area contributed by atoms with Gasteiger partial charge in [-0.05, 0) is 32.9 Å². The maximum atomic E-state index is 9.51. The minimum atomic E-state index is -0.426. The summed E-state index contributed by atoms with van der Waals surface area (Å²) in [4.78, 5) is 0. The Kier molecular flexibility index (Phi) is 2.66. The minimum Gasteiger partial charge on any atom is -0.504 e. The lowest BCUT2D eigenvalue weighted by atomic mass is 10.1. The number of para-hydroxylation sites is 1. The van der Waals surface area contributed by atoms with Crippen molar-refractivity contribution in [2.45, 2.75) is 26.4 Å². The van der Waals surface area contributed by atoms with Crippen LogP contribution in [0.1, 0.15) is 26.3 Å². The van der Waals surface area contributed by atoms with Gasteiger partial charge in [0.1, 0.15) is 11.7 Å². The molecule has 0 spiro atoms. The van der Waals surface area contributed by atoms with Crippen LogP contribution >= 0.6 is 0 Å². The minimum absolute atomic E-state index is 0.000949. The summed E-state index contributed by atoms with van der Waals surface area (Å²) in [5.74, 6) is 0.251. The van der Waals surface area contributed by atoms with Crippen LogP contribution in [0.4, 0.5) is 0 Å². The maximum Gasteiger partial charge on any atom is 0.179 e. The van der Waals surface area contributed by atoms with E-state index in [-0.39, 0.29) is 11.5 Å². The lowest BCUT2D eigenvalue weighted by Crippen LogP contribution is -2.23. The highest BCUT2D eigenvalue weighted by Crippen LogP contribution is 2.32. The van der Waals surface area contributed by atoms with E-state index < -0.39 is 5.60 Å². The number of ether oxygens (including phenoxy) is 1. The molecule has 3 heteroatoms. The topological polar surface area (TPSA) is 53.2 Å². The Morgan fingerprint density at radius 1 is 1.36 bits per heavy atom. The first-order chi connectivity index (χ1) is 6.44. The molecule has 0 saturated heterocycles. The van der Waals surface area contributed by atoms with Gasteiger partial charge in [0.25, 0.3) is 0 Å². The van der Waals surface area contributed by atoms with Gasteiger partial charge in [0, 0.05) is 0 Å². The first-order valence-electron chi connectivity index (χ1n) is 4.35. The fourth-order valence-corrected chi connectivity index (χ4v) is 1.03. The number of phenolic OH excluding ortho intramolecular Hbond substituents is 1. The number of hydrogen-bond donors (Lipinski definition) is 1. The summed E-state index contributed by atoms with van der Waals surface area (Å²) < 4.78 is 5.48. The molecule has 0 amide bonds. The molecular formula is C11H13NO2. The summed E-state index contributed by atoms with van der Waals surface area (Å²) in [6.07, 6.45) is 0. The Hall–Kier alpha value is -1.69. The second-order valence-electron chi connectivity index (χ2n) is 3.98. The van der Waals surface area contributed by atoms with Crippen LogP contribution in [0.5, 0.6) is 11.5 Å². The van der Waals surface area contributed by atoms with Gasteiger partial charge in [0.2, 0.25) is 0 Å². The quantitative estimate of drug-likeness (QED) is 0.741. The van der Waals surface area contributed by atoms with Crippen LogP contribution in [0.3, 0.4) is 0 Å². The zero-order chi connectivity index (χ0) is 10.8. The van der Waals surface area contributed by atoms with Gasteiger partial charge in [-0.2, -0.15) is 5.26 Å². The molecule has 0 aliphatic heterocycles. The zero-order valence-corrected chi connectivity index (χ0v) is 8.53. The predicted octanol–water partition coefficient (Wildman–Crippen LogP) is 2.44. The van der Waals surface area contributed by atoms with E-state index in [4.69, 9.17) is 10.00 Å². The SMILES string of the molecule is CC(C)(C)Oc1c(O)cccc1C#N. The largest absolute Gasteiger partial charge is 0.504 e. The van der Waals surface area contributed by atoms with Crippen molar-refractivity contribution in [1.82, 2.24) is 0 Å². The van der Waals surface area contributed by atoms with Crippen LogP contribution in [-0.4, -0.2) is 10.7 Å². The standard InChI is InChI=1S/C11H13NO2/c1-11(2,3)14-10-8(7-12)5-4-6-9(10)13/h4-6,13H,1-3H3. The average Bonchev–Trinajstić information content (AvgIpc) is 2.06. The molecule has 0 bridgehead atoms. The number of nitrogens with zero attached hydrogens (tertiary/aromatic N) is 1. The van der Waals surface area contributed by atoms with Crippen molar-refractivity contribution in [2.75, 3.05) is 0 Å². The highest BCUT2D eigenvalue weighted by molar-refractivity contribution is 5.51. The Labute approximate surface area is 83.6 Å². The fourth-order valence-electron chi connectivity index (χ4n) is 1.03. The summed E-state index contributed by atoms with van der Waals surface area (Å²) in [5, 5.41) is 18.3. The molecule has 0 unspecified atom stereocenters. The molecule has 14 heavy (non-hydrogen) atoms. The second kappa shape index (κ2) is 3.59. The lowest BCUT2D eigenvalue weighted by molar-refractivity contribution is 0.125. The Morgan fingerprint density at radius 3 is 2.50 bits per heavy atom. The van der Waals surface area contributed by atoms with E-state index in [0.717, 1.165) is 0 Å². The summed E-state index contributed by atoms with van der Waals surface area (Å²) in [6.45, 7) is 5.59. The third-order valence-corrected chi connectivity index (χ3v) is 1.52. The van der Waals surface area contributed by atoms with E-state index in [9.17, 15) is 5.11 Å². The fraction of sp³-hybridized carbons (Fsp3) is 0.364. The van der Waals surface area contributed by atoms with Crippen molar-refractivity contribution in [3.05, 3.63) is 23.8 Å². The lowest BCUT2D eigenvalue weighted by Gasteiger charge is -2.22. The van der Waals surface area contributed by atoms with E-state index in [1.165, 1.54) is 6.07 Å². The van der Waals surface area contributed by atoms with Gasteiger partial charge in [0.15, 0.2) is 11.5 Å². The monoisotopic (exact) mass is 191 g/mol. The number of hydrogen-bond acceptors (Lipinski definition) is 3. The summed E-state index contributed by atoms with van der Waals surface area (Å²) >= 11 is 0. The van der Waals surface area contributed by atoms with Gasteiger partial charge in [0.05, 0.1) is 5.56 Å². The molecule has 0 aliphatic rings. The third kappa shape index (κ3) is 2.40. The van der Waals surface area contributed by atoms with Crippen LogP contribution in [0.2, 0.25) is 0 Å². The highest BCUT2D eigenvalue weighted by Gasteiger charge is 2.17. The Bertz CT molecular complexity index is 372. The van der Waals surface area contributed by atoms with E-state index in [0.29, 0.717) is 5.56 Å². The molecule has 0 aliphatic carbocycles. The van der Waals surface area contributed by atoms with Crippen molar-refractivity contribution in [3.8, 4) is 17.6 Å². The number of aromatic hydroxyl groups is 1. The van der Waals surface area contributed by atoms with E-state index in [1.807, 2.05) is 26.8 Å². The predicted molar refractivity (Wildman–Crippen MR) is 53.2 cm³/mol. The first-order valence-corrected chi connectivity index (χ1v) is 4.35. The van der Waals surface area contributed by atoms with Gasteiger partial charge in [-0.3, -0.25) is 0 Å². The van der Waals surface area contributed by atoms with Crippen LogP contribution in [0.25, 0.3) is 0 Å². The molecule has 0 atom stereocenters. The second-order valence-corrected chi connectivity index (χ2v) is 3.98. The van der Waals surface area contributed by atoms with Crippen LogP contribution in [0, 0.1) is 11.3 Å². The number of rotatable bonds is 1. The average molecular weight is 191 g/mol. The van der Waals surface area contributed by atoms with Crippen molar-refractivity contribution in [1.29, 1.82) is 5.26 Å². The van der Waals surface area contributed by atoms with Crippen molar-refractivity contribution in [3.63, 3.8) is 0 Å². The maximum absolute atomic E-state index is 9.51. The van der Waals surface area contributed by atoms with Crippen molar-refractivity contribution < 1.29 is 9.84 Å². The van der Waals surface area contributed by atoms with Crippen molar-refractivity contribution >= 4 is 0 Å². The molecule has 1 rings (SSSR count).